The smallest absolute Gasteiger partial charge is 0.204 e. The number of aryl methyl sites for hydroxylation is 2. The van der Waals surface area contributed by atoms with Crippen LogP contribution in [0.2, 0.25) is 0 Å². The zero-order chi connectivity index (χ0) is 19.9. The highest BCUT2D eigenvalue weighted by atomic mass is 15.6. The summed E-state index contributed by atoms with van der Waals surface area (Å²) in [6, 6.07) is 20.5. The monoisotopic (exact) mass is 395 g/mol. The Bertz CT molecular complexity index is 1310. The predicted molar refractivity (Wildman–Crippen MR) is 114 cm³/mol. The molecule has 0 N–H and O–H groups in total. The summed E-state index contributed by atoms with van der Waals surface area (Å²) in [7, 11) is 0. The fraction of sp³-hybridized carbons (Fsp3) is 0.217. The van der Waals surface area contributed by atoms with Crippen LogP contribution in [0.3, 0.4) is 0 Å². The van der Waals surface area contributed by atoms with E-state index in [1.165, 1.54) is 28.8 Å². The van der Waals surface area contributed by atoms with Crippen molar-refractivity contribution in [1.29, 1.82) is 0 Å². The lowest BCUT2D eigenvalue weighted by atomic mass is 10.0. The minimum absolute atomic E-state index is 0.502. The first-order valence-corrected chi connectivity index (χ1v) is 10.3. The van der Waals surface area contributed by atoms with Crippen molar-refractivity contribution in [2.45, 2.75) is 32.4 Å². The molecular weight excluding hydrogens is 374 g/mol. The van der Waals surface area contributed by atoms with Crippen LogP contribution in [0, 0.1) is 0 Å². The van der Waals surface area contributed by atoms with E-state index in [0.717, 1.165) is 30.8 Å². The lowest BCUT2D eigenvalue weighted by Crippen LogP contribution is -2.11. The van der Waals surface area contributed by atoms with Gasteiger partial charge < -0.3 is 4.57 Å². The van der Waals surface area contributed by atoms with Crippen molar-refractivity contribution in [3.05, 3.63) is 78.2 Å². The van der Waals surface area contributed by atoms with E-state index in [9.17, 15) is 0 Å². The Balaban J connectivity index is 1.39. The summed E-state index contributed by atoms with van der Waals surface area (Å²) in [5.41, 5.74) is 6.08. The van der Waals surface area contributed by atoms with Crippen LogP contribution in [0.4, 0.5) is 0 Å². The molecule has 1 aliphatic rings. The standard InChI is InChI=1S/C23H21N7/c1-3-9-17(10-4-1)20-15-29-23-19(20)13-7-8-14-28(23)21(25-29)16-30-26-22(24-27-30)18-11-5-2-6-12-18/h1-6,9-12,15H,7-8,13-14,16H2. The number of aromatic nitrogens is 7. The Kier molecular flexibility index (Phi) is 3.97. The summed E-state index contributed by atoms with van der Waals surface area (Å²) in [4.78, 5) is 1.64. The Morgan fingerprint density at radius 3 is 2.40 bits per heavy atom. The summed E-state index contributed by atoms with van der Waals surface area (Å²) in [5.74, 6) is 1.60. The van der Waals surface area contributed by atoms with Crippen LogP contribution in [-0.2, 0) is 19.5 Å². The summed E-state index contributed by atoms with van der Waals surface area (Å²) in [6.07, 6.45) is 5.56. The molecule has 0 bridgehead atoms. The van der Waals surface area contributed by atoms with Gasteiger partial charge in [0.2, 0.25) is 5.82 Å². The zero-order valence-corrected chi connectivity index (χ0v) is 16.5. The normalized spacial score (nSPS) is 13.6. The highest BCUT2D eigenvalue weighted by molar-refractivity contribution is 5.75. The molecule has 4 heterocycles. The van der Waals surface area contributed by atoms with Crippen molar-refractivity contribution < 1.29 is 0 Å². The Morgan fingerprint density at radius 2 is 1.60 bits per heavy atom. The van der Waals surface area contributed by atoms with E-state index in [-0.39, 0.29) is 0 Å². The van der Waals surface area contributed by atoms with Gasteiger partial charge in [0.25, 0.3) is 0 Å². The second-order valence-electron chi connectivity index (χ2n) is 7.69. The fourth-order valence-corrected chi connectivity index (χ4v) is 4.36. The molecule has 148 valence electrons. The number of rotatable bonds is 4. The number of tetrazole rings is 1. The maximum Gasteiger partial charge on any atom is 0.204 e. The van der Waals surface area contributed by atoms with Crippen molar-refractivity contribution in [2.24, 2.45) is 0 Å². The zero-order valence-electron chi connectivity index (χ0n) is 16.5. The van der Waals surface area contributed by atoms with E-state index in [1.54, 1.807) is 4.80 Å². The maximum absolute atomic E-state index is 4.90. The molecule has 0 spiro atoms. The molecule has 0 atom stereocenters. The molecule has 30 heavy (non-hydrogen) atoms. The first-order valence-electron chi connectivity index (χ1n) is 10.3. The van der Waals surface area contributed by atoms with Crippen molar-refractivity contribution in [2.75, 3.05) is 0 Å². The van der Waals surface area contributed by atoms with E-state index in [1.807, 2.05) is 34.8 Å². The number of hydrogen-bond acceptors (Lipinski definition) is 4. The van der Waals surface area contributed by atoms with E-state index in [0.29, 0.717) is 12.4 Å². The number of hydrogen-bond donors (Lipinski definition) is 0. The van der Waals surface area contributed by atoms with Gasteiger partial charge in [0.05, 0.1) is 0 Å². The molecule has 2 aromatic carbocycles. The lowest BCUT2D eigenvalue weighted by molar-refractivity contribution is 0.522. The van der Waals surface area contributed by atoms with E-state index in [2.05, 4.69) is 56.5 Å². The van der Waals surface area contributed by atoms with Gasteiger partial charge in [-0.1, -0.05) is 60.7 Å². The average Bonchev–Trinajstić information content (AvgIpc) is 3.43. The lowest BCUT2D eigenvalue weighted by Gasteiger charge is -2.05. The summed E-state index contributed by atoms with van der Waals surface area (Å²) in [5, 5.41) is 17.9. The minimum atomic E-state index is 0.502. The van der Waals surface area contributed by atoms with E-state index in [4.69, 9.17) is 5.10 Å². The third-order valence-electron chi connectivity index (χ3n) is 5.76. The van der Waals surface area contributed by atoms with Gasteiger partial charge in [-0.2, -0.15) is 9.90 Å². The van der Waals surface area contributed by atoms with E-state index >= 15 is 0 Å². The molecule has 0 saturated carbocycles. The van der Waals surface area contributed by atoms with E-state index < -0.39 is 0 Å². The highest BCUT2D eigenvalue weighted by Crippen LogP contribution is 2.32. The molecule has 0 saturated heterocycles. The van der Waals surface area contributed by atoms with Crippen molar-refractivity contribution >= 4 is 5.65 Å². The Hall–Kier alpha value is -3.74. The second kappa shape index (κ2) is 6.95. The quantitative estimate of drug-likeness (QED) is 0.464. The summed E-state index contributed by atoms with van der Waals surface area (Å²) in [6.45, 7) is 1.46. The van der Waals surface area contributed by atoms with Gasteiger partial charge in [-0.3, -0.25) is 0 Å². The topological polar surface area (TPSA) is 65.8 Å². The molecule has 3 aromatic heterocycles. The molecule has 6 rings (SSSR count). The molecule has 7 nitrogen and oxygen atoms in total. The van der Waals surface area contributed by atoms with Crippen LogP contribution < -0.4 is 0 Å². The molecule has 0 amide bonds. The van der Waals surface area contributed by atoms with Gasteiger partial charge in [0, 0.05) is 29.4 Å². The van der Waals surface area contributed by atoms with Crippen LogP contribution >= 0.6 is 0 Å². The molecule has 0 unspecified atom stereocenters. The summed E-state index contributed by atoms with van der Waals surface area (Å²) >= 11 is 0. The van der Waals surface area contributed by atoms with Gasteiger partial charge >= 0.3 is 0 Å². The maximum atomic E-state index is 4.90. The van der Waals surface area contributed by atoms with Gasteiger partial charge in [0.1, 0.15) is 12.2 Å². The largest absolute Gasteiger partial charge is 0.311 e. The fourth-order valence-electron chi connectivity index (χ4n) is 4.36. The Labute approximate surface area is 173 Å². The average molecular weight is 395 g/mol. The first kappa shape index (κ1) is 17.1. The highest BCUT2D eigenvalue weighted by Gasteiger charge is 2.22. The van der Waals surface area contributed by atoms with Gasteiger partial charge in [-0.25, -0.2) is 4.52 Å². The molecule has 0 aliphatic carbocycles. The van der Waals surface area contributed by atoms with Gasteiger partial charge in [-0.15, -0.1) is 10.2 Å². The molecule has 7 heteroatoms. The molecule has 5 aromatic rings. The molecule has 0 radical (unpaired) electrons. The third kappa shape index (κ3) is 2.82. The second-order valence-corrected chi connectivity index (χ2v) is 7.69. The summed E-state index contributed by atoms with van der Waals surface area (Å²) < 4.78 is 4.37. The van der Waals surface area contributed by atoms with Crippen molar-refractivity contribution in [3.63, 3.8) is 0 Å². The van der Waals surface area contributed by atoms with Crippen molar-refractivity contribution in [3.8, 4) is 22.5 Å². The predicted octanol–water partition coefficient (Wildman–Crippen LogP) is 3.84. The van der Waals surface area contributed by atoms with Gasteiger partial charge in [0.15, 0.2) is 5.82 Å². The third-order valence-corrected chi connectivity index (χ3v) is 5.76. The number of benzene rings is 2. The van der Waals surface area contributed by atoms with Crippen LogP contribution in [0.5, 0.6) is 0 Å². The minimum Gasteiger partial charge on any atom is -0.311 e. The van der Waals surface area contributed by atoms with Crippen LogP contribution in [0.15, 0.2) is 66.9 Å². The Morgan fingerprint density at radius 1 is 0.833 bits per heavy atom. The van der Waals surface area contributed by atoms with Gasteiger partial charge in [-0.05, 0) is 30.0 Å². The van der Waals surface area contributed by atoms with Crippen molar-refractivity contribution in [1.82, 2.24) is 34.4 Å². The van der Waals surface area contributed by atoms with Crippen LogP contribution in [0.1, 0.15) is 24.2 Å². The van der Waals surface area contributed by atoms with Crippen LogP contribution in [-0.4, -0.2) is 34.4 Å². The van der Waals surface area contributed by atoms with Crippen LogP contribution in [0.25, 0.3) is 28.2 Å². The number of nitrogens with zero attached hydrogens (tertiary/aromatic N) is 7. The SMILES string of the molecule is c1ccc(-c2nnn(Cc3nn4cc(-c5ccccc5)c5c4n3CCCC5)n2)cc1. The molecule has 1 aliphatic heterocycles. The first-order chi connectivity index (χ1) is 14.9. The molecular formula is C23H21N7. The molecule has 0 fully saturated rings.